The molecule has 0 spiro atoms. The molecule has 0 aliphatic heterocycles. The molecule has 0 saturated carbocycles. The highest BCUT2D eigenvalue weighted by Gasteiger charge is 2.18. The van der Waals surface area contributed by atoms with Crippen LogP contribution in [0.25, 0.3) is 0 Å². The van der Waals surface area contributed by atoms with Crippen molar-refractivity contribution in [2.24, 2.45) is 0 Å². The highest BCUT2D eigenvalue weighted by Crippen LogP contribution is 2.23. The molecular weight excluding hydrogens is 346 g/mol. The number of nitrogens with zero attached hydrogens (tertiary/aromatic N) is 5. The molecule has 8 nitrogen and oxygen atoms in total. The zero-order valence-electron chi connectivity index (χ0n) is 15.8. The van der Waals surface area contributed by atoms with Gasteiger partial charge in [-0.05, 0) is 62.4 Å². The van der Waals surface area contributed by atoms with Crippen LogP contribution >= 0.6 is 0 Å². The summed E-state index contributed by atoms with van der Waals surface area (Å²) in [7, 11) is 0. The van der Waals surface area contributed by atoms with Crippen molar-refractivity contribution in [1.82, 2.24) is 24.8 Å². The van der Waals surface area contributed by atoms with Crippen LogP contribution in [0.1, 0.15) is 53.8 Å². The maximum absolute atomic E-state index is 12.5. The van der Waals surface area contributed by atoms with E-state index in [9.17, 15) is 9.59 Å². The molecule has 2 aromatic heterocycles. The van der Waals surface area contributed by atoms with E-state index in [0.717, 1.165) is 24.4 Å². The van der Waals surface area contributed by atoms with Crippen LogP contribution in [0.3, 0.4) is 0 Å². The predicted octanol–water partition coefficient (Wildman–Crippen LogP) is 2.41. The Bertz CT molecular complexity index is 836. The average Bonchev–Trinajstić information content (AvgIpc) is 3.27. The molecule has 0 N–H and O–H groups in total. The number of aromatic nitrogens is 5. The molecule has 0 saturated heterocycles. The smallest absolute Gasteiger partial charge is 0.328 e. The molecule has 3 rings (SSSR count). The lowest BCUT2D eigenvalue weighted by Crippen LogP contribution is -2.19. The fourth-order valence-electron chi connectivity index (χ4n) is 3.47. The molecule has 0 bridgehead atoms. The first kappa shape index (κ1) is 19.0. The third-order valence-electron chi connectivity index (χ3n) is 4.96. The number of ether oxygens (including phenoxy) is 1. The molecule has 0 aromatic carbocycles. The fraction of sp³-hybridized carbons (Fsp3) is 0.526. The molecule has 144 valence electrons. The van der Waals surface area contributed by atoms with E-state index in [2.05, 4.69) is 26.2 Å². The van der Waals surface area contributed by atoms with Gasteiger partial charge in [-0.1, -0.05) is 11.6 Å². The number of allylic oxidation sites excluding steroid dienone is 2. The molecule has 1 aliphatic rings. The first-order chi connectivity index (χ1) is 13.0. The number of esters is 1. The van der Waals surface area contributed by atoms with Gasteiger partial charge in [-0.15, -0.1) is 5.10 Å². The van der Waals surface area contributed by atoms with Crippen LogP contribution in [0.5, 0.6) is 0 Å². The Morgan fingerprint density at radius 2 is 2.11 bits per heavy atom. The fourth-order valence-corrected chi connectivity index (χ4v) is 3.47. The molecule has 0 radical (unpaired) electrons. The normalized spacial score (nSPS) is 14.1. The maximum Gasteiger partial charge on any atom is 0.328 e. The second-order valence-electron chi connectivity index (χ2n) is 6.89. The van der Waals surface area contributed by atoms with Crippen LogP contribution in [0.4, 0.5) is 0 Å². The van der Waals surface area contributed by atoms with Gasteiger partial charge in [0.1, 0.15) is 12.9 Å². The molecule has 8 heteroatoms. The SMILES string of the molecule is Cc1cc(C(=O)COC(=O)Cn2cnnn2)c(C)n1CCC1=CCCCC1. The number of carbonyl (C=O) groups excluding carboxylic acids is 2. The first-order valence-electron chi connectivity index (χ1n) is 9.29. The maximum atomic E-state index is 12.5. The Labute approximate surface area is 158 Å². The molecule has 1 aliphatic carbocycles. The predicted molar refractivity (Wildman–Crippen MR) is 98.2 cm³/mol. The summed E-state index contributed by atoms with van der Waals surface area (Å²) in [6.07, 6.45) is 9.61. The standard InChI is InChI=1S/C19H25N5O3/c1-14-10-17(15(2)24(14)9-8-16-6-4-3-5-7-16)18(25)12-27-19(26)11-23-13-20-21-22-23/h6,10,13H,3-5,7-9,11-12H2,1-2H3. The van der Waals surface area contributed by atoms with Gasteiger partial charge in [-0.3, -0.25) is 9.59 Å². The highest BCUT2D eigenvalue weighted by molar-refractivity contribution is 5.99. The molecule has 0 amide bonds. The monoisotopic (exact) mass is 371 g/mol. The molecule has 27 heavy (non-hydrogen) atoms. The van der Waals surface area contributed by atoms with Crippen molar-refractivity contribution in [2.75, 3.05) is 6.61 Å². The van der Waals surface area contributed by atoms with E-state index in [0.29, 0.717) is 5.56 Å². The summed E-state index contributed by atoms with van der Waals surface area (Å²) in [5.74, 6) is -0.745. The quantitative estimate of drug-likeness (QED) is 0.402. The third kappa shape index (κ3) is 4.90. The van der Waals surface area contributed by atoms with Crippen molar-refractivity contribution < 1.29 is 14.3 Å². The minimum absolute atomic E-state index is 0.117. The number of tetrazole rings is 1. The van der Waals surface area contributed by atoms with Crippen molar-refractivity contribution >= 4 is 11.8 Å². The van der Waals surface area contributed by atoms with Crippen LogP contribution in [0.2, 0.25) is 0 Å². The average molecular weight is 371 g/mol. The summed E-state index contributed by atoms with van der Waals surface area (Å²) in [6, 6.07) is 1.88. The van der Waals surface area contributed by atoms with Crippen LogP contribution in [0, 0.1) is 13.8 Å². The summed E-state index contributed by atoms with van der Waals surface area (Å²) in [4.78, 5) is 24.3. The first-order valence-corrected chi connectivity index (χ1v) is 9.29. The highest BCUT2D eigenvalue weighted by atomic mass is 16.5. The molecule has 2 heterocycles. The van der Waals surface area contributed by atoms with Gasteiger partial charge >= 0.3 is 5.97 Å². The number of rotatable bonds is 8. The number of Topliss-reactive ketones (excluding diaryl/α,β-unsaturated/α-hetero) is 1. The van der Waals surface area contributed by atoms with Crippen molar-refractivity contribution in [3.63, 3.8) is 0 Å². The van der Waals surface area contributed by atoms with E-state index in [1.807, 2.05) is 19.9 Å². The minimum atomic E-state index is -0.548. The lowest BCUT2D eigenvalue weighted by molar-refractivity contribution is -0.143. The second kappa shape index (κ2) is 8.75. The van der Waals surface area contributed by atoms with Gasteiger partial charge in [0.05, 0.1) is 0 Å². The van der Waals surface area contributed by atoms with E-state index < -0.39 is 5.97 Å². The van der Waals surface area contributed by atoms with Crippen LogP contribution in [0.15, 0.2) is 24.0 Å². The third-order valence-corrected chi connectivity index (χ3v) is 4.96. The van der Waals surface area contributed by atoms with Gasteiger partial charge in [0.2, 0.25) is 5.78 Å². The van der Waals surface area contributed by atoms with Gasteiger partial charge in [-0.2, -0.15) is 0 Å². The number of carbonyl (C=O) groups is 2. The molecule has 2 aromatic rings. The lowest BCUT2D eigenvalue weighted by atomic mass is 9.97. The molecule has 0 unspecified atom stereocenters. The van der Waals surface area contributed by atoms with E-state index >= 15 is 0 Å². The Morgan fingerprint density at radius 1 is 1.26 bits per heavy atom. The molecule has 0 fully saturated rings. The van der Waals surface area contributed by atoms with Gasteiger partial charge < -0.3 is 9.30 Å². The van der Waals surface area contributed by atoms with Crippen molar-refractivity contribution in [3.8, 4) is 0 Å². The van der Waals surface area contributed by atoms with Gasteiger partial charge in [0.25, 0.3) is 0 Å². The molecule has 0 atom stereocenters. The second-order valence-corrected chi connectivity index (χ2v) is 6.89. The summed E-state index contributed by atoms with van der Waals surface area (Å²) in [5, 5.41) is 10.5. The Balaban J connectivity index is 1.56. The van der Waals surface area contributed by atoms with Crippen LogP contribution < -0.4 is 0 Å². The topological polar surface area (TPSA) is 91.9 Å². The van der Waals surface area contributed by atoms with E-state index in [4.69, 9.17) is 4.74 Å². The Kier molecular flexibility index (Phi) is 6.16. The number of hydrogen-bond donors (Lipinski definition) is 0. The van der Waals surface area contributed by atoms with Gasteiger partial charge in [0, 0.05) is 23.5 Å². The van der Waals surface area contributed by atoms with Crippen molar-refractivity contribution in [2.45, 2.75) is 59.0 Å². The van der Waals surface area contributed by atoms with Crippen LogP contribution in [-0.4, -0.2) is 43.1 Å². The Morgan fingerprint density at radius 3 is 2.81 bits per heavy atom. The van der Waals surface area contributed by atoms with E-state index in [-0.39, 0.29) is 18.9 Å². The van der Waals surface area contributed by atoms with E-state index in [1.54, 1.807) is 0 Å². The van der Waals surface area contributed by atoms with Crippen molar-refractivity contribution in [1.29, 1.82) is 0 Å². The number of ketones is 1. The number of aryl methyl sites for hydroxylation is 1. The summed E-state index contributed by atoms with van der Waals surface area (Å²) >= 11 is 0. The summed E-state index contributed by atoms with van der Waals surface area (Å²) in [6.45, 7) is 4.42. The van der Waals surface area contributed by atoms with Crippen LogP contribution in [-0.2, 0) is 22.6 Å². The lowest BCUT2D eigenvalue weighted by Gasteiger charge is -2.15. The largest absolute Gasteiger partial charge is 0.456 e. The minimum Gasteiger partial charge on any atom is -0.456 e. The number of hydrogen-bond acceptors (Lipinski definition) is 6. The zero-order valence-corrected chi connectivity index (χ0v) is 15.8. The molecular formula is C19H25N5O3. The Hall–Kier alpha value is -2.77. The van der Waals surface area contributed by atoms with Gasteiger partial charge in [0.15, 0.2) is 6.61 Å². The summed E-state index contributed by atoms with van der Waals surface area (Å²) in [5.41, 5.74) is 4.09. The summed E-state index contributed by atoms with van der Waals surface area (Å²) < 4.78 is 8.49. The van der Waals surface area contributed by atoms with E-state index in [1.165, 1.54) is 42.3 Å². The van der Waals surface area contributed by atoms with Crippen molar-refractivity contribution in [3.05, 3.63) is 41.0 Å². The van der Waals surface area contributed by atoms with Gasteiger partial charge in [-0.25, -0.2) is 4.68 Å². The zero-order chi connectivity index (χ0) is 19.2.